The molecule has 0 radical (unpaired) electrons. The van der Waals surface area contributed by atoms with Crippen LogP contribution in [0.1, 0.15) is 36.7 Å². The van der Waals surface area contributed by atoms with Crippen molar-refractivity contribution in [1.82, 2.24) is 4.90 Å². The first-order chi connectivity index (χ1) is 8.19. The lowest BCUT2D eigenvalue weighted by molar-refractivity contribution is 0.0697. The fraction of sp³-hybridized carbons (Fsp3) is 0.500. The van der Waals surface area contributed by atoms with Gasteiger partial charge in [-0.3, -0.25) is 0 Å². The van der Waals surface area contributed by atoms with Crippen LogP contribution in [0.5, 0.6) is 0 Å². The van der Waals surface area contributed by atoms with Gasteiger partial charge in [0.2, 0.25) is 0 Å². The lowest BCUT2D eigenvalue weighted by Gasteiger charge is -2.26. The SMILES string of the molecule is CN(Cc1ccc(C(=O)O)cc1Cl)CC(C)(C)C. The van der Waals surface area contributed by atoms with Gasteiger partial charge in [-0.25, -0.2) is 4.79 Å². The van der Waals surface area contributed by atoms with Crippen molar-refractivity contribution in [2.45, 2.75) is 27.3 Å². The van der Waals surface area contributed by atoms with Crippen molar-refractivity contribution in [1.29, 1.82) is 0 Å². The molecule has 0 bridgehead atoms. The predicted octanol–water partition coefficient (Wildman–Crippen LogP) is 3.52. The second-order valence-electron chi connectivity index (χ2n) is 5.84. The van der Waals surface area contributed by atoms with E-state index in [4.69, 9.17) is 16.7 Å². The van der Waals surface area contributed by atoms with Crippen LogP contribution in [-0.2, 0) is 6.54 Å². The maximum Gasteiger partial charge on any atom is 0.335 e. The molecule has 0 aliphatic heterocycles. The molecule has 1 rings (SSSR count). The Balaban J connectivity index is 2.77. The van der Waals surface area contributed by atoms with Crippen molar-refractivity contribution >= 4 is 17.6 Å². The number of nitrogens with zero attached hydrogens (tertiary/aromatic N) is 1. The summed E-state index contributed by atoms with van der Waals surface area (Å²) in [5, 5.41) is 9.38. The first kappa shape index (κ1) is 15.0. The average Bonchev–Trinajstić information content (AvgIpc) is 2.17. The smallest absolute Gasteiger partial charge is 0.335 e. The third kappa shape index (κ3) is 4.67. The van der Waals surface area contributed by atoms with Crippen molar-refractivity contribution in [2.24, 2.45) is 5.41 Å². The third-order valence-electron chi connectivity index (χ3n) is 2.48. The zero-order chi connectivity index (χ0) is 13.9. The van der Waals surface area contributed by atoms with E-state index in [1.54, 1.807) is 12.1 Å². The molecule has 0 heterocycles. The summed E-state index contributed by atoms with van der Waals surface area (Å²) < 4.78 is 0. The molecule has 0 atom stereocenters. The monoisotopic (exact) mass is 269 g/mol. The molecule has 0 aliphatic rings. The predicted molar refractivity (Wildman–Crippen MR) is 74.2 cm³/mol. The topological polar surface area (TPSA) is 40.5 Å². The summed E-state index contributed by atoms with van der Waals surface area (Å²) in [6.45, 7) is 8.20. The molecular weight excluding hydrogens is 250 g/mol. The second kappa shape index (κ2) is 5.72. The molecule has 100 valence electrons. The summed E-state index contributed by atoms with van der Waals surface area (Å²) in [6.07, 6.45) is 0. The Labute approximate surface area is 113 Å². The first-order valence-corrected chi connectivity index (χ1v) is 6.27. The lowest BCUT2D eigenvalue weighted by atomic mass is 9.96. The van der Waals surface area contributed by atoms with E-state index in [-0.39, 0.29) is 11.0 Å². The highest BCUT2D eigenvalue weighted by Crippen LogP contribution is 2.21. The number of carboxylic acids is 1. The van der Waals surface area contributed by atoms with Gasteiger partial charge < -0.3 is 10.0 Å². The fourth-order valence-electron chi connectivity index (χ4n) is 1.97. The van der Waals surface area contributed by atoms with Gasteiger partial charge in [0.1, 0.15) is 0 Å². The van der Waals surface area contributed by atoms with Crippen LogP contribution in [0.3, 0.4) is 0 Å². The van der Waals surface area contributed by atoms with E-state index in [1.807, 2.05) is 7.05 Å². The number of aromatic carboxylic acids is 1. The number of halogens is 1. The van der Waals surface area contributed by atoms with Crippen molar-refractivity contribution < 1.29 is 9.90 Å². The van der Waals surface area contributed by atoms with E-state index in [1.165, 1.54) is 6.07 Å². The van der Waals surface area contributed by atoms with Gasteiger partial charge in [0.25, 0.3) is 0 Å². The van der Waals surface area contributed by atoms with Crippen LogP contribution in [0.15, 0.2) is 18.2 Å². The van der Waals surface area contributed by atoms with Crippen LogP contribution < -0.4 is 0 Å². The van der Waals surface area contributed by atoms with Gasteiger partial charge in [-0.1, -0.05) is 38.4 Å². The van der Waals surface area contributed by atoms with Gasteiger partial charge in [0.15, 0.2) is 0 Å². The standard InChI is InChI=1S/C14H20ClNO2/c1-14(2,3)9-16(4)8-11-6-5-10(13(17)18)7-12(11)15/h5-7H,8-9H2,1-4H3,(H,17,18). The van der Waals surface area contributed by atoms with Gasteiger partial charge in [-0.05, 0) is 30.2 Å². The molecule has 0 unspecified atom stereocenters. The van der Waals surface area contributed by atoms with E-state index < -0.39 is 5.97 Å². The molecule has 3 nitrogen and oxygen atoms in total. The Kier molecular flexibility index (Phi) is 4.77. The van der Waals surface area contributed by atoms with Crippen molar-refractivity contribution in [3.63, 3.8) is 0 Å². The molecule has 0 aromatic heterocycles. The zero-order valence-electron chi connectivity index (χ0n) is 11.3. The summed E-state index contributed by atoms with van der Waals surface area (Å²) in [5.74, 6) is -0.952. The number of carbonyl (C=O) groups is 1. The summed E-state index contributed by atoms with van der Waals surface area (Å²) in [5.41, 5.74) is 1.40. The summed E-state index contributed by atoms with van der Waals surface area (Å²) in [6, 6.07) is 4.88. The average molecular weight is 270 g/mol. The quantitative estimate of drug-likeness (QED) is 0.909. The summed E-state index contributed by atoms with van der Waals surface area (Å²) in [4.78, 5) is 13.0. The summed E-state index contributed by atoms with van der Waals surface area (Å²) >= 11 is 6.10. The lowest BCUT2D eigenvalue weighted by Crippen LogP contribution is -2.28. The number of hydrogen-bond acceptors (Lipinski definition) is 2. The summed E-state index contributed by atoms with van der Waals surface area (Å²) in [7, 11) is 2.03. The van der Waals surface area contributed by atoms with Crippen LogP contribution in [0.4, 0.5) is 0 Å². The molecule has 1 N–H and O–H groups in total. The first-order valence-electron chi connectivity index (χ1n) is 5.89. The molecule has 18 heavy (non-hydrogen) atoms. The van der Waals surface area contributed by atoms with E-state index in [0.717, 1.165) is 18.7 Å². The Morgan fingerprint density at radius 1 is 1.39 bits per heavy atom. The van der Waals surface area contributed by atoms with Gasteiger partial charge in [0.05, 0.1) is 5.56 Å². The van der Waals surface area contributed by atoms with Gasteiger partial charge in [-0.15, -0.1) is 0 Å². The molecule has 1 aromatic carbocycles. The Morgan fingerprint density at radius 3 is 2.44 bits per heavy atom. The number of hydrogen-bond donors (Lipinski definition) is 1. The van der Waals surface area contributed by atoms with Crippen LogP contribution in [-0.4, -0.2) is 29.6 Å². The van der Waals surface area contributed by atoms with Gasteiger partial charge >= 0.3 is 5.97 Å². The van der Waals surface area contributed by atoms with Crippen LogP contribution in [0, 0.1) is 5.41 Å². The van der Waals surface area contributed by atoms with Crippen molar-refractivity contribution in [3.05, 3.63) is 34.3 Å². The Bertz CT molecular complexity index is 438. The molecular formula is C14H20ClNO2. The number of carboxylic acid groups (broad SMARTS) is 1. The number of benzene rings is 1. The van der Waals surface area contributed by atoms with Crippen LogP contribution in [0.2, 0.25) is 5.02 Å². The molecule has 0 amide bonds. The maximum absolute atomic E-state index is 10.8. The normalized spacial score (nSPS) is 11.9. The molecule has 4 heteroatoms. The number of rotatable bonds is 4. The second-order valence-corrected chi connectivity index (χ2v) is 6.25. The molecule has 0 fully saturated rings. The Morgan fingerprint density at radius 2 is 2.00 bits per heavy atom. The van der Waals surface area contributed by atoms with Crippen LogP contribution >= 0.6 is 11.6 Å². The molecule has 0 aliphatic carbocycles. The molecule has 1 aromatic rings. The highest BCUT2D eigenvalue weighted by molar-refractivity contribution is 6.31. The fourth-order valence-corrected chi connectivity index (χ4v) is 2.21. The highest BCUT2D eigenvalue weighted by atomic mass is 35.5. The van der Waals surface area contributed by atoms with Gasteiger partial charge in [-0.2, -0.15) is 0 Å². The minimum Gasteiger partial charge on any atom is -0.478 e. The van der Waals surface area contributed by atoms with Crippen LogP contribution in [0.25, 0.3) is 0 Å². The van der Waals surface area contributed by atoms with Gasteiger partial charge in [0, 0.05) is 18.1 Å². The minimum absolute atomic E-state index is 0.224. The zero-order valence-corrected chi connectivity index (χ0v) is 12.1. The van der Waals surface area contributed by atoms with Crippen molar-refractivity contribution in [2.75, 3.05) is 13.6 Å². The van der Waals surface area contributed by atoms with Crippen molar-refractivity contribution in [3.8, 4) is 0 Å². The maximum atomic E-state index is 10.8. The molecule has 0 saturated heterocycles. The molecule has 0 saturated carbocycles. The van der Waals surface area contributed by atoms with E-state index in [9.17, 15) is 4.79 Å². The largest absolute Gasteiger partial charge is 0.478 e. The van der Waals surface area contributed by atoms with E-state index >= 15 is 0 Å². The minimum atomic E-state index is -0.952. The molecule has 0 spiro atoms. The highest BCUT2D eigenvalue weighted by Gasteiger charge is 2.15. The Hall–Kier alpha value is -1.06. The van der Waals surface area contributed by atoms with E-state index in [0.29, 0.717) is 5.02 Å². The third-order valence-corrected chi connectivity index (χ3v) is 2.84. The van der Waals surface area contributed by atoms with E-state index in [2.05, 4.69) is 25.7 Å².